The minimum absolute atomic E-state index is 0.0143. The Morgan fingerprint density at radius 2 is 1.58 bits per heavy atom. The van der Waals surface area contributed by atoms with Crippen LogP contribution in [0.3, 0.4) is 0 Å². The smallest absolute Gasteiger partial charge is 0.311 e. The number of likely N-dealkylation sites (N-methyl/N-ethyl adjacent to an activating group) is 1. The molecule has 24 heavy (non-hydrogen) atoms. The summed E-state index contributed by atoms with van der Waals surface area (Å²) in [6.07, 6.45) is -4.31. The molecule has 1 N–H and O–H groups in total. The van der Waals surface area contributed by atoms with Crippen LogP contribution < -0.4 is 5.32 Å². The van der Waals surface area contributed by atoms with Gasteiger partial charge in [-0.05, 0) is 49.5 Å². The SMILES string of the molecule is CN(C)C(CNCc1ccc(Cl)cc1)c1ccc(C(F)(F)F)cc1. The van der Waals surface area contributed by atoms with Gasteiger partial charge in [0, 0.05) is 24.2 Å². The fraction of sp³-hybridized carbons (Fsp3) is 0.333. The van der Waals surface area contributed by atoms with Crippen molar-refractivity contribution in [3.8, 4) is 0 Å². The molecular weight excluding hydrogens is 337 g/mol. The van der Waals surface area contributed by atoms with Crippen molar-refractivity contribution in [3.05, 3.63) is 70.2 Å². The monoisotopic (exact) mass is 356 g/mol. The Labute approximate surface area is 145 Å². The van der Waals surface area contributed by atoms with Crippen LogP contribution in [0, 0.1) is 0 Å². The molecule has 2 aromatic rings. The number of nitrogens with one attached hydrogen (secondary N) is 1. The summed E-state index contributed by atoms with van der Waals surface area (Å²) in [6.45, 7) is 1.29. The number of hydrogen-bond donors (Lipinski definition) is 1. The lowest BCUT2D eigenvalue weighted by Gasteiger charge is -2.25. The molecule has 0 aliphatic heterocycles. The molecule has 2 aromatic carbocycles. The largest absolute Gasteiger partial charge is 0.416 e. The van der Waals surface area contributed by atoms with E-state index in [4.69, 9.17) is 11.6 Å². The van der Waals surface area contributed by atoms with E-state index < -0.39 is 11.7 Å². The van der Waals surface area contributed by atoms with Gasteiger partial charge in [0.1, 0.15) is 0 Å². The third-order valence-corrected chi connectivity index (χ3v) is 4.08. The Bertz CT molecular complexity index is 637. The first-order chi connectivity index (χ1) is 11.3. The minimum atomic E-state index is -4.31. The zero-order valence-corrected chi connectivity index (χ0v) is 14.3. The third-order valence-electron chi connectivity index (χ3n) is 3.83. The third kappa shape index (κ3) is 5.23. The van der Waals surface area contributed by atoms with E-state index in [2.05, 4.69) is 5.32 Å². The van der Waals surface area contributed by atoms with Gasteiger partial charge in [0.2, 0.25) is 0 Å². The first-order valence-corrected chi connectivity index (χ1v) is 7.94. The fourth-order valence-electron chi connectivity index (χ4n) is 2.45. The number of rotatable bonds is 6. The van der Waals surface area contributed by atoms with Gasteiger partial charge in [0.05, 0.1) is 5.56 Å². The Morgan fingerprint density at radius 1 is 1.00 bits per heavy atom. The lowest BCUT2D eigenvalue weighted by atomic mass is 10.0. The Morgan fingerprint density at radius 3 is 2.08 bits per heavy atom. The number of benzene rings is 2. The van der Waals surface area contributed by atoms with E-state index in [1.807, 2.05) is 43.3 Å². The highest BCUT2D eigenvalue weighted by atomic mass is 35.5. The average Bonchev–Trinajstić information content (AvgIpc) is 2.52. The van der Waals surface area contributed by atoms with Crippen molar-refractivity contribution in [1.82, 2.24) is 10.2 Å². The lowest BCUT2D eigenvalue weighted by Crippen LogP contribution is -2.30. The molecule has 1 atom stereocenters. The van der Waals surface area contributed by atoms with E-state index in [9.17, 15) is 13.2 Å². The second-order valence-corrected chi connectivity index (χ2v) is 6.29. The molecule has 130 valence electrons. The van der Waals surface area contributed by atoms with Crippen molar-refractivity contribution in [1.29, 1.82) is 0 Å². The molecule has 6 heteroatoms. The second-order valence-electron chi connectivity index (χ2n) is 5.86. The summed E-state index contributed by atoms with van der Waals surface area (Å²) >= 11 is 5.86. The van der Waals surface area contributed by atoms with E-state index >= 15 is 0 Å². The zero-order valence-electron chi connectivity index (χ0n) is 13.6. The van der Waals surface area contributed by atoms with Crippen molar-refractivity contribution >= 4 is 11.6 Å². The summed E-state index contributed by atoms with van der Waals surface area (Å²) in [5.74, 6) is 0. The molecule has 0 spiro atoms. The molecular formula is C18H20ClF3N2. The Kier molecular flexibility index (Phi) is 6.27. The van der Waals surface area contributed by atoms with Crippen molar-refractivity contribution in [2.45, 2.75) is 18.8 Å². The molecule has 0 heterocycles. The van der Waals surface area contributed by atoms with Crippen molar-refractivity contribution < 1.29 is 13.2 Å². The predicted octanol–water partition coefficient (Wildman–Crippen LogP) is 4.75. The molecule has 0 saturated carbocycles. The molecule has 0 saturated heterocycles. The summed E-state index contributed by atoms with van der Waals surface area (Å²) in [7, 11) is 3.82. The second kappa shape index (κ2) is 8.01. The number of nitrogens with zero attached hydrogens (tertiary/aromatic N) is 1. The van der Waals surface area contributed by atoms with Crippen LogP contribution in [0.15, 0.2) is 48.5 Å². The molecule has 2 nitrogen and oxygen atoms in total. The first kappa shape index (κ1) is 18.8. The van der Waals surface area contributed by atoms with Gasteiger partial charge in [-0.3, -0.25) is 0 Å². The summed E-state index contributed by atoms with van der Waals surface area (Å²) in [5, 5.41) is 4.03. The maximum atomic E-state index is 12.7. The average molecular weight is 357 g/mol. The summed E-state index contributed by atoms with van der Waals surface area (Å²) < 4.78 is 38.0. The molecule has 2 rings (SSSR count). The number of hydrogen-bond acceptors (Lipinski definition) is 2. The van der Waals surface area contributed by atoms with E-state index in [1.54, 1.807) is 0 Å². The maximum absolute atomic E-state index is 12.7. The topological polar surface area (TPSA) is 15.3 Å². The number of halogens is 4. The standard InChI is InChI=1S/C18H20ClF3N2/c1-24(2)17(12-23-11-13-3-9-16(19)10-4-13)14-5-7-15(8-6-14)18(20,21)22/h3-10,17,23H,11-12H2,1-2H3. The Balaban J connectivity index is 2.00. The van der Waals surface area contributed by atoms with E-state index in [0.29, 0.717) is 18.1 Å². The Hall–Kier alpha value is -1.56. The molecule has 0 amide bonds. The molecule has 0 fully saturated rings. The van der Waals surface area contributed by atoms with Crippen molar-refractivity contribution in [3.63, 3.8) is 0 Å². The maximum Gasteiger partial charge on any atom is 0.416 e. The van der Waals surface area contributed by atoms with Crippen LogP contribution >= 0.6 is 11.6 Å². The van der Waals surface area contributed by atoms with Crippen molar-refractivity contribution in [2.24, 2.45) is 0 Å². The van der Waals surface area contributed by atoms with E-state index in [0.717, 1.165) is 23.3 Å². The highest BCUT2D eigenvalue weighted by Gasteiger charge is 2.30. The molecule has 1 unspecified atom stereocenters. The zero-order chi connectivity index (χ0) is 17.7. The quantitative estimate of drug-likeness (QED) is 0.803. The van der Waals surface area contributed by atoms with Crippen LogP contribution in [0.4, 0.5) is 13.2 Å². The van der Waals surface area contributed by atoms with Gasteiger partial charge in [-0.25, -0.2) is 0 Å². The lowest BCUT2D eigenvalue weighted by molar-refractivity contribution is -0.137. The predicted molar refractivity (Wildman–Crippen MR) is 91.0 cm³/mol. The van der Waals surface area contributed by atoms with Gasteiger partial charge in [-0.2, -0.15) is 13.2 Å². The van der Waals surface area contributed by atoms with Crippen LogP contribution in [-0.4, -0.2) is 25.5 Å². The molecule has 0 radical (unpaired) electrons. The minimum Gasteiger partial charge on any atom is -0.311 e. The van der Waals surface area contributed by atoms with Gasteiger partial charge in [0.25, 0.3) is 0 Å². The van der Waals surface area contributed by atoms with E-state index in [-0.39, 0.29) is 6.04 Å². The van der Waals surface area contributed by atoms with Crippen molar-refractivity contribution in [2.75, 3.05) is 20.6 Å². The number of alkyl halides is 3. The van der Waals surface area contributed by atoms with Gasteiger partial charge < -0.3 is 10.2 Å². The first-order valence-electron chi connectivity index (χ1n) is 7.56. The van der Waals surface area contributed by atoms with Gasteiger partial charge >= 0.3 is 6.18 Å². The molecule has 0 aliphatic rings. The van der Waals surface area contributed by atoms with Crippen LogP contribution in [-0.2, 0) is 12.7 Å². The normalized spacial score (nSPS) is 13.3. The van der Waals surface area contributed by atoms with Crippen LogP contribution in [0.5, 0.6) is 0 Å². The molecule has 0 bridgehead atoms. The van der Waals surface area contributed by atoms with E-state index in [1.165, 1.54) is 12.1 Å². The molecule has 0 aliphatic carbocycles. The summed E-state index contributed by atoms with van der Waals surface area (Å²) in [6, 6.07) is 12.9. The van der Waals surface area contributed by atoms with Gasteiger partial charge in [-0.15, -0.1) is 0 Å². The molecule has 0 aromatic heterocycles. The van der Waals surface area contributed by atoms with Crippen LogP contribution in [0.1, 0.15) is 22.7 Å². The van der Waals surface area contributed by atoms with Gasteiger partial charge in [-0.1, -0.05) is 35.9 Å². The highest BCUT2D eigenvalue weighted by molar-refractivity contribution is 6.30. The highest BCUT2D eigenvalue weighted by Crippen LogP contribution is 2.30. The fourth-order valence-corrected chi connectivity index (χ4v) is 2.57. The summed E-state index contributed by atoms with van der Waals surface area (Å²) in [5.41, 5.74) is 1.32. The van der Waals surface area contributed by atoms with Crippen LogP contribution in [0.25, 0.3) is 0 Å². The summed E-state index contributed by atoms with van der Waals surface area (Å²) in [4.78, 5) is 1.98. The van der Waals surface area contributed by atoms with Gasteiger partial charge in [0.15, 0.2) is 0 Å². The van der Waals surface area contributed by atoms with Crippen LogP contribution in [0.2, 0.25) is 5.02 Å².